The maximum atomic E-state index is 8.98. The molecule has 5 heteroatoms. The van der Waals surface area contributed by atoms with E-state index < -0.39 is 6.10 Å². The monoisotopic (exact) mass is 155 g/mol. The van der Waals surface area contributed by atoms with Gasteiger partial charge in [-0.1, -0.05) is 0 Å². The van der Waals surface area contributed by atoms with Crippen molar-refractivity contribution in [3.63, 3.8) is 0 Å². The number of rotatable bonds is 2. The van der Waals surface area contributed by atoms with E-state index in [1.165, 1.54) is 13.3 Å². The summed E-state index contributed by atoms with van der Waals surface area (Å²) < 4.78 is 4.73. The number of aliphatic hydroxyl groups excluding tert-OH is 1. The Balaban J connectivity index is 2.83. The van der Waals surface area contributed by atoms with Crippen molar-refractivity contribution < 1.29 is 9.84 Å². The first-order valence-electron chi connectivity index (χ1n) is 3.15. The van der Waals surface area contributed by atoms with E-state index in [1.54, 1.807) is 6.92 Å². The second-order valence-corrected chi connectivity index (χ2v) is 2.03. The molecule has 0 amide bonds. The van der Waals surface area contributed by atoms with Crippen LogP contribution in [0.2, 0.25) is 0 Å². The van der Waals surface area contributed by atoms with Crippen molar-refractivity contribution in [3.05, 3.63) is 12.0 Å². The lowest BCUT2D eigenvalue weighted by Crippen LogP contribution is -2.02. The molecule has 0 aliphatic heterocycles. The predicted octanol–water partition coefficient (Wildman–Crippen LogP) is -0.0665. The maximum Gasteiger partial charge on any atom is 0.251 e. The molecule has 1 heterocycles. The molecular formula is C6H9N3O2. The highest BCUT2D eigenvalue weighted by atomic mass is 16.5. The summed E-state index contributed by atoms with van der Waals surface area (Å²) in [4.78, 5) is 3.80. The van der Waals surface area contributed by atoms with E-state index in [0.717, 1.165) is 0 Å². The van der Waals surface area contributed by atoms with Crippen LogP contribution in [-0.2, 0) is 0 Å². The highest BCUT2D eigenvalue weighted by molar-refractivity contribution is 5.00. The molecule has 0 bridgehead atoms. The van der Waals surface area contributed by atoms with Crippen molar-refractivity contribution in [2.45, 2.75) is 13.0 Å². The van der Waals surface area contributed by atoms with Crippen LogP contribution in [0.5, 0.6) is 5.88 Å². The van der Waals surface area contributed by atoms with Gasteiger partial charge >= 0.3 is 0 Å². The molecule has 0 spiro atoms. The van der Waals surface area contributed by atoms with Gasteiger partial charge in [0.05, 0.1) is 13.3 Å². The Bertz CT molecular complexity index is 222. The molecule has 1 atom stereocenters. The first-order valence-corrected chi connectivity index (χ1v) is 3.15. The van der Waals surface area contributed by atoms with Crippen molar-refractivity contribution in [1.29, 1.82) is 0 Å². The highest BCUT2D eigenvalue weighted by Crippen LogP contribution is 2.05. The molecule has 11 heavy (non-hydrogen) atoms. The van der Waals surface area contributed by atoms with Gasteiger partial charge in [-0.15, -0.1) is 10.2 Å². The van der Waals surface area contributed by atoms with Crippen LogP contribution in [0.3, 0.4) is 0 Å². The fourth-order valence-corrected chi connectivity index (χ4v) is 0.558. The second kappa shape index (κ2) is 3.25. The van der Waals surface area contributed by atoms with Crippen molar-refractivity contribution in [2.24, 2.45) is 0 Å². The van der Waals surface area contributed by atoms with Crippen molar-refractivity contribution in [3.8, 4) is 5.88 Å². The van der Waals surface area contributed by atoms with Gasteiger partial charge in [0.2, 0.25) is 0 Å². The lowest BCUT2D eigenvalue weighted by atomic mass is 10.4. The molecule has 5 nitrogen and oxygen atoms in total. The third kappa shape index (κ3) is 1.84. The van der Waals surface area contributed by atoms with E-state index in [2.05, 4.69) is 15.2 Å². The number of aliphatic hydroxyl groups is 1. The largest absolute Gasteiger partial charge is 0.479 e. The van der Waals surface area contributed by atoms with Crippen molar-refractivity contribution in [1.82, 2.24) is 15.2 Å². The minimum Gasteiger partial charge on any atom is -0.479 e. The van der Waals surface area contributed by atoms with Crippen molar-refractivity contribution >= 4 is 0 Å². The van der Waals surface area contributed by atoms with Crippen LogP contribution in [0.25, 0.3) is 0 Å². The molecule has 0 aliphatic carbocycles. The van der Waals surface area contributed by atoms with E-state index in [1.807, 2.05) is 0 Å². The Morgan fingerprint density at radius 3 is 2.64 bits per heavy atom. The average Bonchev–Trinajstić information content (AvgIpc) is 2.05. The maximum absolute atomic E-state index is 8.98. The Labute approximate surface area is 64.1 Å². The number of hydrogen-bond donors (Lipinski definition) is 1. The molecule has 60 valence electrons. The zero-order valence-electron chi connectivity index (χ0n) is 6.35. The SMILES string of the molecule is COc1cnc(C(C)O)nn1. The Hall–Kier alpha value is -1.23. The minimum absolute atomic E-state index is 0.297. The summed E-state index contributed by atoms with van der Waals surface area (Å²) in [5.74, 6) is 0.639. The van der Waals surface area contributed by atoms with E-state index in [4.69, 9.17) is 9.84 Å². The number of ether oxygens (including phenoxy) is 1. The smallest absolute Gasteiger partial charge is 0.251 e. The average molecular weight is 155 g/mol. The molecule has 1 unspecified atom stereocenters. The quantitative estimate of drug-likeness (QED) is 0.647. The summed E-state index contributed by atoms with van der Waals surface area (Å²) in [5.41, 5.74) is 0. The van der Waals surface area contributed by atoms with Crippen LogP contribution >= 0.6 is 0 Å². The third-order valence-corrected chi connectivity index (χ3v) is 1.14. The van der Waals surface area contributed by atoms with Gasteiger partial charge in [-0.2, -0.15) is 0 Å². The molecule has 0 fully saturated rings. The second-order valence-electron chi connectivity index (χ2n) is 2.03. The van der Waals surface area contributed by atoms with Crippen LogP contribution < -0.4 is 4.74 Å². The summed E-state index contributed by atoms with van der Waals surface area (Å²) >= 11 is 0. The first-order chi connectivity index (χ1) is 5.24. The van der Waals surface area contributed by atoms with Crippen molar-refractivity contribution in [2.75, 3.05) is 7.11 Å². The van der Waals surface area contributed by atoms with E-state index in [0.29, 0.717) is 11.7 Å². The Morgan fingerprint density at radius 1 is 1.55 bits per heavy atom. The first kappa shape index (κ1) is 7.87. The van der Waals surface area contributed by atoms with Gasteiger partial charge < -0.3 is 9.84 Å². The highest BCUT2D eigenvalue weighted by Gasteiger charge is 2.04. The predicted molar refractivity (Wildman–Crippen MR) is 37.0 cm³/mol. The van der Waals surface area contributed by atoms with Crippen LogP contribution in [0.1, 0.15) is 18.9 Å². The molecule has 0 aromatic carbocycles. The van der Waals surface area contributed by atoms with Crippen LogP contribution in [0.15, 0.2) is 6.20 Å². The van der Waals surface area contributed by atoms with Crippen LogP contribution in [0, 0.1) is 0 Å². The van der Waals surface area contributed by atoms with Gasteiger partial charge in [0.25, 0.3) is 5.88 Å². The number of methoxy groups -OCH3 is 1. The normalized spacial score (nSPS) is 12.6. The Morgan fingerprint density at radius 2 is 2.27 bits per heavy atom. The van der Waals surface area contributed by atoms with E-state index in [9.17, 15) is 0 Å². The molecule has 1 aromatic heterocycles. The number of nitrogens with zero attached hydrogens (tertiary/aromatic N) is 3. The fourth-order valence-electron chi connectivity index (χ4n) is 0.558. The number of aromatic nitrogens is 3. The lowest BCUT2D eigenvalue weighted by molar-refractivity contribution is 0.186. The minimum atomic E-state index is -0.687. The molecule has 0 saturated heterocycles. The van der Waals surface area contributed by atoms with Gasteiger partial charge in [-0.3, -0.25) is 0 Å². The molecule has 1 rings (SSSR count). The van der Waals surface area contributed by atoms with E-state index in [-0.39, 0.29) is 0 Å². The summed E-state index contributed by atoms with van der Waals surface area (Å²) in [6.45, 7) is 1.57. The zero-order chi connectivity index (χ0) is 8.27. The summed E-state index contributed by atoms with van der Waals surface area (Å²) in [6.07, 6.45) is 0.725. The van der Waals surface area contributed by atoms with Gasteiger partial charge in [-0.05, 0) is 6.92 Å². The van der Waals surface area contributed by atoms with Gasteiger partial charge in [-0.25, -0.2) is 4.98 Å². The topological polar surface area (TPSA) is 68.1 Å². The molecule has 0 aliphatic rings. The molecule has 1 N–H and O–H groups in total. The van der Waals surface area contributed by atoms with Crippen LogP contribution in [0.4, 0.5) is 0 Å². The van der Waals surface area contributed by atoms with Gasteiger partial charge in [0.15, 0.2) is 5.82 Å². The number of hydrogen-bond acceptors (Lipinski definition) is 5. The summed E-state index contributed by atoms with van der Waals surface area (Å²) in [7, 11) is 1.48. The summed E-state index contributed by atoms with van der Waals surface area (Å²) in [6, 6.07) is 0. The molecule has 0 saturated carbocycles. The third-order valence-electron chi connectivity index (χ3n) is 1.14. The molecular weight excluding hydrogens is 146 g/mol. The molecule has 0 radical (unpaired) electrons. The van der Waals surface area contributed by atoms with Crippen LogP contribution in [-0.4, -0.2) is 27.4 Å². The van der Waals surface area contributed by atoms with E-state index >= 15 is 0 Å². The molecule has 1 aromatic rings. The van der Waals surface area contributed by atoms with Gasteiger partial charge in [0.1, 0.15) is 6.10 Å². The Kier molecular flexibility index (Phi) is 2.32. The standard InChI is InChI=1S/C6H9N3O2/c1-4(10)6-7-3-5(11-2)8-9-6/h3-4,10H,1-2H3. The van der Waals surface area contributed by atoms with Gasteiger partial charge in [0, 0.05) is 0 Å². The zero-order valence-corrected chi connectivity index (χ0v) is 6.35. The summed E-state index contributed by atoms with van der Waals surface area (Å²) in [5, 5.41) is 16.2. The lowest BCUT2D eigenvalue weighted by Gasteiger charge is -2.00. The fraction of sp³-hybridized carbons (Fsp3) is 0.500.